The summed E-state index contributed by atoms with van der Waals surface area (Å²) in [6.45, 7) is 0.617. The van der Waals surface area contributed by atoms with Crippen LogP contribution < -0.4 is 48.1 Å². The van der Waals surface area contributed by atoms with Crippen LogP contribution in [0, 0.1) is 0 Å². The first-order valence-corrected chi connectivity index (χ1v) is 26.0. The Morgan fingerprint density at radius 3 is 1.87 bits per heavy atom. The van der Waals surface area contributed by atoms with E-state index in [0.717, 1.165) is 16.5 Å². The number of hydrogen-bond acceptors (Lipinski definition) is 11. The third-order valence-corrected chi connectivity index (χ3v) is 13.7. The second-order valence-corrected chi connectivity index (χ2v) is 19.2. The molecule has 0 aliphatic carbocycles. The molecule has 0 spiro atoms. The molecule has 402 valence electrons. The average molecular weight is 1050 g/mol. The Morgan fingerprint density at radius 1 is 0.584 bits per heavy atom. The zero-order valence-corrected chi connectivity index (χ0v) is 42.7. The Morgan fingerprint density at radius 2 is 1.17 bits per heavy atom. The normalized spacial score (nSPS) is 21.6. The smallest absolute Gasteiger partial charge is 0.407 e. The number of unbranched alkanes of at least 4 members (excludes halogenated alkanes) is 1. The van der Waals surface area contributed by atoms with E-state index in [1.807, 2.05) is 60.7 Å². The van der Waals surface area contributed by atoms with Crippen molar-refractivity contribution in [3.63, 3.8) is 0 Å². The number of aromatic nitrogens is 1. The minimum Gasteiger partial charge on any atom is -0.489 e. The quantitative estimate of drug-likeness (QED) is 0.0598. The van der Waals surface area contributed by atoms with Gasteiger partial charge in [0.2, 0.25) is 35.4 Å². The molecule has 0 saturated carbocycles. The molecule has 19 heteroatoms. The lowest BCUT2D eigenvalue weighted by Crippen LogP contribution is -2.61. The zero-order valence-electron chi connectivity index (χ0n) is 42.7. The lowest BCUT2D eigenvalue weighted by Gasteiger charge is -2.32. The standard InChI is InChI=1S/C58H66N10O9/c59-27-13-12-22-46-52(69)64-47(30-38-23-25-42(26-24-38)76-36-39-16-6-2-7-17-39)53(70)66-49(31-37-14-4-1-5-15-37)57(74)68-35-43(77-58(75)61-29-28-60)33-50(68)55(72)67-51(40-18-8-3-9-19-40)56(73)65-48(54(71)63-46)32-41-34-62-45-21-11-10-20-44(41)45/h1-11,14-21,23-26,34,43,46-51,62H,12-13,22,27-33,35-36,59-60H2,(H,61,75)(H,63,71)(H,64,69)(H,65,73)(H,66,70)(H,67,72)/t43-,46+,47+,48-,49?,50+,51+/m1/s1. The molecule has 3 heterocycles. The van der Waals surface area contributed by atoms with Crippen LogP contribution in [0.2, 0.25) is 0 Å². The predicted molar refractivity (Wildman–Crippen MR) is 288 cm³/mol. The number of carbonyl (C=O) groups excluding carboxylic acids is 7. The highest BCUT2D eigenvalue weighted by Crippen LogP contribution is 2.26. The number of hydrogen-bond donors (Lipinski definition) is 9. The lowest BCUT2D eigenvalue weighted by atomic mass is 9.99. The average Bonchev–Trinajstić information content (AvgIpc) is 4.08. The number of carbonyl (C=O) groups is 7. The molecule has 1 unspecified atom stereocenters. The van der Waals surface area contributed by atoms with Crippen LogP contribution in [-0.2, 0) is 59.4 Å². The number of ether oxygens (including phenoxy) is 2. The van der Waals surface area contributed by atoms with Gasteiger partial charge in [0.1, 0.15) is 54.7 Å². The summed E-state index contributed by atoms with van der Waals surface area (Å²) in [7, 11) is 0. The van der Waals surface area contributed by atoms with Crippen LogP contribution in [0.1, 0.15) is 59.5 Å². The number of rotatable bonds is 17. The van der Waals surface area contributed by atoms with E-state index in [1.54, 1.807) is 85.1 Å². The van der Waals surface area contributed by atoms with Crippen LogP contribution in [0.5, 0.6) is 5.75 Å². The number of fused-ring (bicyclic) bond motifs is 2. The summed E-state index contributed by atoms with van der Waals surface area (Å²) in [6, 6.07) is 33.6. The maximum Gasteiger partial charge on any atom is 0.407 e. The number of nitrogens with zero attached hydrogens (tertiary/aromatic N) is 1. The van der Waals surface area contributed by atoms with Crippen molar-refractivity contribution in [2.24, 2.45) is 11.5 Å². The first-order valence-electron chi connectivity index (χ1n) is 26.0. The van der Waals surface area contributed by atoms with E-state index in [1.165, 1.54) is 4.90 Å². The zero-order chi connectivity index (χ0) is 54.1. The van der Waals surface area contributed by atoms with Crippen molar-refractivity contribution < 1.29 is 43.0 Å². The molecule has 2 fully saturated rings. The minimum atomic E-state index is -1.42. The Hall–Kier alpha value is -8.55. The van der Waals surface area contributed by atoms with Crippen molar-refractivity contribution in [1.82, 2.24) is 41.8 Å². The Kier molecular flexibility index (Phi) is 19.0. The summed E-state index contributed by atoms with van der Waals surface area (Å²) in [5, 5.41) is 17.9. The highest BCUT2D eigenvalue weighted by molar-refractivity contribution is 5.99. The van der Waals surface area contributed by atoms with Gasteiger partial charge in [-0.2, -0.15) is 0 Å². The molecule has 1 aromatic heterocycles. The van der Waals surface area contributed by atoms with Crippen LogP contribution in [0.3, 0.4) is 0 Å². The second kappa shape index (κ2) is 26.8. The number of amides is 7. The number of nitrogens with one attached hydrogen (secondary N) is 7. The van der Waals surface area contributed by atoms with Crippen LogP contribution in [0.25, 0.3) is 10.9 Å². The first-order chi connectivity index (χ1) is 37.5. The van der Waals surface area contributed by atoms with Crippen LogP contribution in [0.15, 0.2) is 146 Å². The highest BCUT2D eigenvalue weighted by atomic mass is 16.6. The molecule has 0 bridgehead atoms. The number of para-hydroxylation sites is 1. The van der Waals surface area contributed by atoms with E-state index in [0.29, 0.717) is 54.0 Å². The van der Waals surface area contributed by atoms with Crippen molar-refractivity contribution in [3.05, 3.63) is 174 Å². The number of nitrogens with two attached hydrogens (primary N) is 2. The van der Waals surface area contributed by atoms with Crippen LogP contribution >= 0.6 is 0 Å². The topological polar surface area (TPSA) is 281 Å². The summed E-state index contributed by atoms with van der Waals surface area (Å²) in [5.41, 5.74) is 15.7. The number of benzene rings is 5. The molecule has 5 aromatic carbocycles. The Labute approximate surface area is 446 Å². The summed E-state index contributed by atoms with van der Waals surface area (Å²) in [5.74, 6) is -3.76. The van der Waals surface area contributed by atoms with E-state index in [2.05, 4.69) is 36.9 Å². The molecule has 0 radical (unpaired) electrons. The third kappa shape index (κ3) is 14.9. The third-order valence-electron chi connectivity index (χ3n) is 13.7. The van der Waals surface area contributed by atoms with E-state index in [-0.39, 0.29) is 51.7 Å². The molecular weight excluding hydrogens is 981 g/mol. The largest absolute Gasteiger partial charge is 0.489 e. The molecule has 2 saturated heterocycles. The van der Waals surface area contributed by atoms with Gasteiger partial charge in [-0.3, -0.25) is 28.8 Å². The number of H-pyrrole nitrogens is 1. The van der Waals surface area contributed by atoms with Gasteiger partial charge in [-0.1, -0.05) is 121 Å². The summed E-state index contributed by atoms with van der Waals surface area (Å²) >= 11 is 0. The number of alkyl carbamates (subject to hydrolysis) is 1. The monoisotopic (exact) mass is 1050 g/mol. The van der Waals surface area contributed by atoms with Crippen molar-refractivity contribution in [1.29, 1.82) is 0 Å². The maximum atomic E-state index is 15.3. The fourth-order valence-electron chi connectivity index (χ4n) is 9.65. The summed E-state index contributed by atoms with van der Waals surface area (Å²) in [4.78, 5) is 107. The van der Waals surface area contributed by atoms with Gasteiger partial charge in [0, 0.05) is 55.9 Å². The minimum absolute atomic E-state index is 0.0385. The van der Waals surface area contributed by atoms with Gasteiger partial charge in [0.15, 0.2) is 0 Å². The van der Waals surface area contributed by atoms with E-state index < -0.39 is 83.9 Å². The molecule has 6 aromatic rings. The molecule has 2 aliphatic rings. The molecule has 77 heavy (non-hydrogen) atoms. The van der Waals surface area contributed by atoms with Crippen molar-refractivity contribution in [3.8, 4) is 5.75 Å². The first kappa shape index (κ1) is 54.7. The molecule has 11 N–H and O–H groups in total. The Bertz CT molecular complexity index is 2960. The van der Waals surface area contributed by atoms with Gasteiger partial charge in [-0.15, -0.1) is 0 Å². The maximum absolute atomic E-state index is 15.3. The van der Waals surface area contributed by atoms with Crippen LogP contribution in [-0.4, -0.2) is 114 Å². The molecular formula is C58H66N10O9. The van der Waals surface area contributed by atoms with E-state index >= 15 is 9.59 Å². The summed E-state index contributed by atoms with van der Waals surface area (Å²) < 4.78 is 11.8. The van der Waals surface area contributed by atoms with E-state index in [4.69, 9.17) is 20.9 Å². The van der Waals surface area contributed by atoms with Crippen molar-refractivity contribution >= 4 is 52.4 Å². The molecule has 7 amide bonds. The van der Waals surface area contributed by atoms with Gasteiger partial charge < -0.3 is 62.7 Å². The molecule has 8 rings (SSSR count). The lowest BCUT2D eigenvalue weighted by molar-refractivity contribution is -0.143. The fraction of sp³-hybridized carbons (Fsp3) is 0.328. The number of aromatic amines is 1. The molecule has 2 aliphatic heterocycles. The van der Waals surface area contributed by atoms with Gasteiger partial charge in [0.25, 0.3) is 0 Å². The predicted octanol–water partition coefficient (Wildman–Crippen LogP) is 3.37. The van der Waals surface area contributed by atoms with Crippen LogP contribution in [0.4, 0.5) is 4.79 Å². The summed E-state index contributed by atoms with van der Waals surface area (Å²) in [6.07, 6.45) is 0.652. The van der Waals surface area contributed by atoms with Gasteiger partial charge in [0.05, 0.1) is 6.54 Å². The highest BCUT2D eigenvalue weighted by Gasteiger charge is 2.45. The fourth-order valence-corrected chi connectivity index (χ4v) is 9.65. The molecule has 7 atom stereocenters. The second-order valence-electron chi connectivity index (χ2n) is 19.2. The van der Waals surface area contributed by atoms with Gasteiger partial charge in [-0.25, -0.2) is 4.79 Å². The van der Waals surface area contributed by atoms with E-state index in [9.17, 15) is 24.0 Å². The molecule has 19 nitrogen and oxygen atoms in total. The van der Waals surface area contributed by atoms with Crippen molar-refractivity contribution in [2.45, 2.75) is 93.9 Å². The SMILES string of the molecule is NCCCC[C@@H]1NC(=O)[C@@H](Cc2c[nH]c3ccccc23)NC(=O)[C@H](c2ccccc2)NC(=O)[C@@H]2C[C@@H](OC(=O)NCCN)CN2C(=O)C(Cc2ccccc2)NC(=O)[C@H](Cc2ccc(OCc3ccccc3)cc2)NC1=O. The Balaban J connectivity index is 1.19. The van der Waals surface area contributed by atoms with Crippen molar-refractivity contribution in [2.75, 3.05) is 26.2 Å². The van der Waals surface area contributed by atoms with Gasteiger partial charge in [-0.05, 0) is 71.8 Å². The van der Waals surface area contributed by atoms with Gasteiger partial charge >= 0.3 is 6.09 Å².